The zero-order chi connectivity index (χ0) is 20.3. The first-order valence-electron chi connectivity index (χ1n) is 10.5. The maximum Gasteiger partial charge on any atom is 0.312 e. The van der Waals surface area contributed by atoms with E-state index in [0.717, 1.165) is 19.3 Å². The summed E-state index contributed by atoms with van der Waals surface area (Å²) in [6, 6.07) is -0.761. The average Bonchev–Trinajstić information content (AvgIpc) is 3.31. The van der Waals surface area contributed by atoms with Gasteiger partial charge < -0.3 is 24.8 Å². The summed E-state index contributed by atoms with van der Waals surface area (Å²) in [6.45, 7) is 4.82. The molecule has 3 aliphatic rings. The highest BCUT2D eigenvalue weighted by atomic mass is 16.6. The normalized spacial score (nSPS) is 33.2. The fourth-order valence-corrected chi connectivity index (χ4v) is 5.12. The van der Waals surface area contributed by atoms with Crippen molar-refractivity contribution in [3.63, 3.8) is 0 Å². The van der Waals surface area contributed by atoms with Gasteiger partial charge in [0, 0.05) is 19.7 Å². The number of aliphatic hydroxyl groups excluding tert-OH is 1. The van der Waals surface area contributed by atoms with Crippen molar-refractivity contribution in [2.24, 2.45) is 11.8 Å². The number of likely N-dealkylation sites (tertiary alicyclic amines) is 1. The van der Waals surface area contributed by atoms with Crippen molar-refractivity contribution in [3.8, 4) is 0 Å². The molecule has 2 amide bonds. The van der Waals surface area contributed by atoms with Gasteiger partial charge in [-0.2, -0.15) is 0 Å². The van der Waals surface area contributed by atoms with E-state index < -0.39 is 29.4 Å². The SMILES string of the molecule is CCCCCNC(=O)[C@@H]1N(CCCO)C(=O)[C@H]2[C@H](C(=O)OCC)[C@@H]3CC[C@]12O3. The monoisotopic (exact) mass is 396 g/mol. The largest absolute Gasteiger partial charge is 0.466 e. The summed E-state index contributed by atoms with van der Waals surface area (Å²) in [6.07, 6.45) is 4.18. The summed E-state index contributed by atoms with van der Waals surface area (Å²) in [5, 5.41) is 12.2. The zero-order valence-electron chi connectivity index (χ0n) is 16.8. The first-order valence-corrected chi connectivity index (χ1v) is 10.5. The van der Waals surface area contributed by atoms with Gasteiger partial charge in [0.25, 0.3) is 0 Å². The Morgan fingerprint density at radius 2 is 2.11 bits per heavy atom. The van der Waals surface area contributed by atoms with E-state index in [1.807, 2.05) is 0 Å². The van der Waals surface area contributed by atoms with Gasteiger partial charge in [0.1, 0.15) is 11.6 Å². The van der Waals surface area contributed by atoms with Crippen LogP contribution in [0.1, 0.15) is 52.4 Å². The highest BCUT2D eigenvalue weighted by molar-refractivity contribution is 5.98. The molecule has 0 aromatic rings. The summed E-state index contributed by atoms with van der Waals surface area (Å²) >= 11 is 0. The number of aliphatic hydroxyl groups is 1. The Bertz CT molecular complexity index is 612. The lowest BCUT2D eigenvalue weighted by Crippen LogP contribution is -2.55. The molecule has 2 N–H and O–H groups in total. The molecule has 158 valence electrons. The van der Waals surface area contributed by atoms with Crippen LogP contribution in [0, 0.1) is 11.8 Å². The Hall–Kier alpha value is -1.67. The molecule has 0 aliphatic carbocycles. The number of esters is 1. The van der Waals surface area contributed by atoms with E-state index in [2.05, 4.69) is 12.2 Å². The lowest BCUT2D eigenvalue weighted by Gasteiger charge is -2.33. The van der Waals surface area contributed by atoms with Crippen LogP contribution in [-0.2, 0) is 23.9 Å². The third kappa shape index (κ3) is 3.41. The quantitative estimate of drug-likeness (QED) is 0.414. The number of fused-ring (bicyclic) bond motifs is 1. The van der Waals surface area contributed by atoms with Crippen molar-refractivity contribution in [3.05, 3.63) is 0 Å². The Morgan fingerprint density at radius 1 is 1.32 bits per heavy atom. The number of ether oxygens (including phenoxy) is 2. The fourth-order valence-electron chi connectivity index (χ4n) is 5.12. The van der Waals surface area contributed by atoms with Gasteiger partial charge in [-0.1, -0.05) is 19.8 Å². The number of carbonyl (C=O) groups is 3. The smallest absolute Gasteiger partial charge is 0.312 e. The van der Waals surface area contributed by atoms with Gasteiger partial charge >= 0.3 is 5.97 Å². The van der Waals surface area contributed by atoms with Crippen LogP contribution in [-0.4, -0.2) is 71.8 Å². The summed E-state index contributed by atoms with van der Waals surface area (Å²) in [4.78, 5) is 40.4. The Labute approximate surface area is 165 Å². The molecule has 3 rings (SSSR count). The van der Waals surface area contributed by atoms with Crippen molar-refractivity contribution in [1.82, 2.24) is 10.2 Å². The minimum absolute atomic E-state index is 0.0723. The van der Waals surface area contributed by atoms with Crippen molar-refractivity contribution in [2.45, 2.75) is 70.1 Å². The number of nitrogens with zero attached hydrogens (tertiary/aromatic N) is 1. The molecule has 3 aliphatic heterocycles. The molecule has 28 heavy (non-hydrogen) atoms. The third-order valence-corrected chi connectivity index (χ3v) is 6.24. The summed E-state index contributed by atoms with van der Waals surface area (Å²) < 4.78 is 11.4. The first-order chi connectivity index (χ1) is 13.5. The molecular formula is C20H32N2O6. The van der Waals surface area contributed by atoms with E-state index in [0.29, 0.717) is 25.8 Å². The van der Waals surface area contributed by atoms with Gasteiger partial charge in [-0.05, 0) is 32.6 Å². The molecule has 0 radical (unpaired) electrons. The van der Waals surface area contributed by atoms with Gasteiger partial charge in [0.05, 0.1) is 24.5 Å². The van der Waals surface area contributed by atoms with E-state index in [1.165, 1.54) is 4.90 Å². The first kappa shape index (κ1) is 21.0. The number of hydrogen-bond donors (Lipinski definition) is 2. The molecule has 1 spiro atoms. The molecule has 8 nitrogen and oxygen atoms in total. The molecule has 2 bridgehead atoms. The van der Waals surface area contributed by atoms with Crippen molar-refractivity contribution < 1.29 is 29.0 Å². The molecular weight excluding hydrogens is 364 g/mol. The average molecular weight is 396 g/mol. The number of hydrogen-bond acceptors (Lipinski definition) is 6. The van der Waals surface area contributed by atoms with Crippen molar-refractivity contribution in [1.29, 1.82) is 0 Å². The maximum absolute atomic E-state index is 13.3. The zero-order valence-corrected chi connectivity index (χ0v) is 16.8. The number of amides is 2. The van der Waals surface area contributed by atoms with Crippen LogP contribution in [0.4, 0.5) is 0 Å². The summed E-state index contributed by atoms with van der Waals surface area (Å²) in [7, 11) is 0. The molecule has 5 atom stereocenters. The van der Waals surface area contributed by atoms with Crippen LogP contribution in [0.5, 0.6) is 0 Å². The minimum Gasteiger partial charge on any atom is -0.466 e. The van der Waals surface area contributed by atoms with Crippen LogP contribution in [0.25, 0.3) is 0 Å². The van der Waals surface area contributed by atoms with Crippen molar-refractivity contribution >= 4 is 17.8 Å². The third-order valence-electron chi connectivity index (χ3n) is 6.24. The predicted molar refractivity (Wildman–Crippen MR) is 100 cm³/mol. The summed E-state index contributed by atoms with van der Waals surface area (Å²) in [5.41, 5.74) is -0.969. The van der Waals surface area contributed by atoms with Gasteiger partial charge in [-0.15, -0.1) is 0 Å². The number of rotatable bonds is 10. The number of nitrogens with one attached hydrogen (secondary N) is 1. The molecule has 0 unspecified atom stereocenters. The van der Waals surface area contributed by atoms with E-state index in [4.69, 9.17) is 9.47 Å². The lowest BCUT2D eigenvalue weighted by atomic mass is 9.71. The minimum atomic E-state index is -0.969. The van der Waals surface area contributed by atoms with Crippen molar-refractivity contribution in [2.75, 3.05) is 26.3 Å². The lowest BCUT2D eigenvalue weighted by molar-refractivity contribution is -0.154. The fraction of sp³-hybridized carbons (Fsp3) is 0.850. The standard InChI is InChI=1S/C20H32N2O6/c1-3-5-6-10-21-17(24)16-20-9-8-13(28-20)14(19(26)27-4-2)15(20)18(25)22(16)11-7-12-23/h13-16,23H,3-12H2,1-2H3,(H,21,24)/t13-,14+,15+,16-,20+/m0/s1. The molecule has 3 heterocycles. The molecule has 3 fully saturated rings. The Balaban J connectivity index is 1.85. The second kappa shape index (κ2) is 8.78. The molecule has 8 heteroatoms. The van der Waals surface area contributed by atoms with Gasteiger partial charge in [-0.25, -0.2) is 0 Å². The highest BCUT2D eigenvalue weighted by Gasteiger charge is 2.74. The summed E-state index contributed by atoms with van der Waals surface area (Å²) in [5.74, 6) is -2.22. The van der Waals surface area contributed by atoms with Crippen LogP contribution in [0.2, 0.25) is 0 Å². The number of carbonyl (C=O) groups excluding carboxylic acids is 3. The maximum atomic E-state index is 13.3. The van der Waals surface area contributed by atoms with E-state index in [1.54, 1.807) is 6.92 Å². The molecule has 0 saturated carbocycles. The Morgan fingerprint density at radius 3 is 2.79 bits per heavy atom. The highest BCUT2D eigenvalue weighted by Crippen LogP contribution is 2.58. The van der Waals surface area contributed by atoms with Gasteiger partial charge in [-0.3, -0.25) is 14.4 Å². The van der Waals surface area contributed by atoms with Crippen LogP contribution >= 0.6 is 0 Å². The second-order valence-corrected chi connectivity index (χ2v) is 7.91. The van der Waals surface area contributed by atoms with Gasteiger partial charge in [0.15, 0.2) is 0 Å². The van der Waals surface area contributed by atoms with E-state index in [9.17, 15) is 19.5 Å². The molecule has 0 aromatic carbocycles. The van der Waals surface area contributed by atoms with Crippen LogP contribution in [0.15, 0.2) is 0 Å². The molecule has 3 saturated heterocycles. The van der Waals surface area contributed by atoms with E-state index >= 15 is 0 Å². The van der Waals surface area contributed by atoms with E-state index in [-0.39, 0.29) is 37.7 Å². The molecule has 0 aromatic heterocycles. The Kier molecular flexibility index (Phi) is 6.60. The predicted octanol–water partition coefficient (Wildman–Crippen LogP) is 0.613. The van der Waals surface area contributed by atoms with Crippen LogP contribution < -0.4 is 5.32 Å². The van der Waals surface area contributed by atoms with Crippen LogP contribution in [0.3, 0.4) is 0 Å². The second-order valence-electron chi connectivity index (χ2n) is 7.91. The van der Waals surface area contributed by atoms with Gasteiger partial charge in [0.2, 0.25) is 11.8 Å². The topological polar surface area (TPSA) is 105 Å². The number of unbranched alkanes of at least 4 members (excludes halogenated alkanes) is 2.